The summed E-state index contributed by atoms with van der Waals surface area (Å²) >= 11 is 5.91. The largest absolute Gasteiger partial charge is 0.261 e. The van der Waals surface area contributed by atoms with Crippen molar-refractivity contribution >= 4 is 21.6 Å². The fourth-order valence-corrected chi connectivity index (χ4v) is 3.61. The molecule has 1 aromatic heterocycles. The Hall–Kier alpha value is -1.43. The molecule has 0 aliphatic heterocycles. The highest BCUT2D eigenvalue weighted by Gasteiger charge is 2.22. The molecule has 0 spiro atoms. The summed E-state index contributed by atoms with van der Waals surface area (Å²) in [4.78, 5) is 4.44. The van der Waals surface area contributed by atoms with Crippen molar-refractivity contribution in [1.29, 1.82) is 0 Å². The van der Waals surface area contributed by atoms with Gasteiger partial charge in [-0.2, -0.15) is 0 Å². The van der Waals surface area contributed by atoms with Crippen LogP contribution in [0.3, 0.4) is 0 Å². The first-order chi connectivity index (χ1) is 9.91. The van der Waals surface area contributed by atoms with Crippen LogP contribution >= 0.6 is 11.6 Å². The van der Waals surface area contributed by atoms with E-state index < -0.39 is 10.0 Å². The summed E-state index contributed by atoms with van der Waals surface area (Å²) in [6.45, 7) is 2.13. The van der Waals surface area contributed by atoms with E-state index in [-0.39, 0.29) is 4.90 Å². The quantitative estimate of drug-likeness (QED) is 0.849. The zero-order chi connectivity index (χ0) is 15.5. The van der Waals surface area contributed by atoms with E-state index in [0.29, 0.717) is 23.6 Å². The van der Waals surface area contributed by atoms with Crippen LogP contribution in [0.2, 0.25) is 5.02 Å². The van der Waals surface area contributed by atoms with Gasteiger partial charge in [-0.3, -0.25) is 4.98 Å². The fraction of sp³-hybridized carbons (Fsp3) is 0.267. The molecule has 0 saturated heterocycles. The minimum absolute atomic E-state index is 0.249. The molecule has 4 nitrogen and oxygen atoms in total. The van der Waals surface area contributed by atoms with Crippen LogP contribution < -0.4 is 0 Å². The van der Waals surface area contributed by atoms with Gasteiger partial charge in [0.15, 0.2) is 0 Å². The first kappa shape index (κ1) is 15.9. The first-order valence-electron chi connectivity index (χ1n) is 6.53. The van der Waals surface area contributed by atoms with Crippen LogP contribution in [0.25, 0.3) is 0 Å². The van der Waals surface area contributed by atoms with E-state index in [0.717, 1.165) is 5.69 Å². The molecule has 0 amide bonds. The van der Waals surface area contributed by atoms with Crippen LogP contribution in [-0.2, 0) is 16.4 Å². The molecule has 1 aromatic carbocycles. The number of hydrogen-bond acceptors (Lipinski definition) is 3. The van der Waals surface area contributed by atoms with E-state index in [1.165, 1.54) is 10.4 Å². The Balaban J connectivity index is 2.17. The molecule has 0 fully saturated rings. The zero-order valence-electron chi connectivity index (χ0n) is 12.0. The number of pyridine rings is 1. The van der Waals surface area contributed by atoms with E-state index in [9.17, 15) is 8.42 Å². The lowest BCUT2D eigenvalue weighted by Gasteiger charge is -2.18. The number of rotatable bonds is 5. The lowest BCUT2D eigenvalue weighted by atomic mass is 10.2. The summed E-state index contributed by atoms with van der Waals surface area (Å²) in [5.41, 5.74) is 1.55. The van der Waals surface area contributed by atoms with E-state index in [4.69, 9.17) is 11.6 Å². The number of halogens is 1. The van der Waals surface area contributed by atoms with Gasteiger partial charge < -0.3 is 0 Å². The maximum Gasteiger partial charge on any atom is 0.243 e. The van der Waals surface area contributed by atoms with Crippen LogP contribution in [0.1, 0.15) is 11.3 Å². The predicted octanol–water partition coefficient (Wildman–Crippen LogP) is 2.91. The van der Waals surface area contributed by atoms with E-state index >= 15 is 0 Å². The second-order valence-electron chi connectivity index (χ2n) is 4.81. The summed E-state index contributed by atoms with van der Waals surface area (Å²) < 4.78 is 26.5. The van der Waals surface area contributed by atoms with Gasteiger partial charge in [-0.25, -0.2) is 12.7 Å². The number of aromatic nitrogens is 1. The SMILES string of the molecule is Cc1ccc(Cl)cc1S(=O)(=O)N(C)CCc1ccccn1. The fourth-order valence-electron chi connectivity index (χ4n) is 1.96. The molecule has 0 unspecified atom stereocenters. The number of sulfonamides is 1. The van der Waals surface area contributed by atoms with Gasteiger partial charge in [0.25, 0.3) is 0 Å². The highest BCUT2D eigenvalue weighted by molar-refractivity contribution is 7.89. The molecule has 0 atom stereocenters. The minimum Gasteiger partial charge on any atom is -0.261 e. The van der Waals surface area contributed by atoms with Crippen molar-refractivity contribution in [2.24, 2.45) is 0 Å². The molecular formula is C15H17ClN2O2S. The van der Waals surface area contributed by atoms with Crippen LogP contribution in [-0.4, -0.2) is 31.3 Å². The second kappa shape index (κ2) is 6.56. The molecule has 1 heterocycles. The highest BCUT2D eigenvalue weighted by Crippen LogP contribution is 2.23. The van der Waals surface area contributed by atoms with Crippen molar-refractivity contribution in [2.75, 3.05) is 13.6 Å². The van der Waals surface area contributed by atoms with Gasteiger partial charge in [-0.1, -0.05) is 23.7 Å². The Morgan fingerprint density at radius 3 is 2.67 bits per heavy atom. The van der Waals surface area contributed by atoms with Crippen molar-refractivity contribution in [3.8, 4) is 0 Å². The summed E-state index contributed by atoms with van der Waals surface area (Å²) in [5, 5.41) is 0.414. The maximum atomic E-state index is 12.6. The number of nitrogens with zero attached hydrogens (tertiary/aromatic N) is 2. The topological polar surface area (TPSA) is 50.3 Å². The summed E-state index contributed by atoms with van der Waals surface area (Å²) in [6.07, 6.45) is 2.27. The molecule has 21 heavy (non-hydrogen) atoms. The Labute approximate surface area is 130 Å². The third-order valence-electron chi connectivity index (χ3n) is 3.25. The average Bonchev–Trinajstić information content (AvgIpc) is 2.48. The Morgan fingerprint density at radius 1 is 1.24 bits per heavy atom. The average molecular weight is 325 g/mol. The van der Waals surface area contributed by atoms with Gasteiger partial charge in [-0.05, 0) is 36.8 Å². The summed E-state index contributed by atoms with van der Waals surface area (Å²) in [6, 6.07) is 10.5. The molecule has 0 radical (unpaired) electrons. The van der Waals surface area contributed by atoms with Crippen LogP contribution in [0.5, 0.6) is 0 Å². The lowest BCUT2D eigenvalue weighted by molar-refractivity contribution is 0.470. The number of likely N-dealkylation sites (N-methyl/N-ethyl adjacent to an activating group) is 1. The van der Waals surface area contributed by atoms with Crippen LogP contribution in [0, 0.1) is 6.92 Å². The Morgan fingerprint density at radius 2 is 2.00 bits per heavy atom. The van der Waals surface area contributed by atoms with E-state index in [1.54, 1.807) is 32.3 Å². The van der Waals surface area contributed by atoms with E-state index in [2.05, 4.69) is 4.98 Å². The van der Waals surface area contributed by atoms with Crippen molar-refractivity contribution in [1.82, 2.24) is 9.29 Å². The molecular weight excluding hydrogens is 308 g/mol. The van der Waals surface area contributed by atoms with Gasteiger partial charge in [0.2, 0.25) is 10.0 Å². The van der Waals surface area contributed by atoms with Crippen LogP contribution in [0.15, 0.2) is 47.5 Å². The van der Waals surface area contributed by atoms with Gasteiger partial charge in [0, 0.05) is 36.9 Å². The molecule has 112 valence electrons. The minimum atomic E-state index is -3.54. The van der Waals surface area contributed by atoms with Gasteiger partial charge in [-0.15, -0.1) is 0 Å². The third-order valence-corrected chi connectivity index (χ3v) is 5.48. The summed E-state index contributed by atoms with van der Waals surface area (Å²) in [7, 11) is -1.97. The lowest BCUT2D eigenvalue weighted by Crippen LogP contribution is -2.29. The van der Waals surface area contributed by atoms with Gasteiger partial charge in [0.05, 0.1) is 4.90 Å². The molecule has 0 saturated carbocycles. The molecule has 0 aliphatic carbocycles. The molecule has 0 N–H and O–H groups in total. The predicted molar refractivity (Wildman–Crippen MR) is 83.9 cm³/mol. The Kier molecular flexibility index (Phi) is 4.98. The standard InChI is InChI=1S/C15H17ClN2O2S/c1-12-6-7-13(16)11-15(12)21(19,20)18(2)10-8-14-5-3-4-9-17-14/h3-7,9,11H,8,10H2,1-2H3. The van der Waals surface area contributed by atoms with Crippen molar-refractivity contribution in [3.63, 3.8) is 0 Å². The van der Waals surface area contributed by atoms with Crippen LogP contribution in [0.4, 0.5) is 0 Å². The monoisotopic (exact) mass is 324 g/mol. The Bertz CT molecular complexity index is 718. The van der Waals surface area contributed by atoms with Gasteiger partial charge in [0.1, 0.15) is 0 Å². The third kappa shape index (κ3) is 3.81. The van der Waals surface area contributed by atoms with E-state index in [1.807, 2.05) is 18.2 Å². The number of benzene rings is 1. The highest BCUT2D eigenvalue weighted by atomic mass is 35.5. The van der Waals surface area contributed by atoms with Crippen molar-refractivity contribution in [3.05, 3.63) is 58.9 Å². The molecule has 2 aromatic rings. The molecule has 2 rings (SSSR count). The number of hydrogen-bond donors (Lipinski definition) is 0. The summed E-state index contributed by atoms with van der Waals surface area (Å²) in [5.74, 6) is 0. The maximum absolute atomic E-state index is 12.6. The first-order valence-corrected chi connectivity index (χ1v) is 8.35. The van der Waals surface area contributed by atoms with Crippen molar-refractivity contribution in [2.45, 2.75) is 18.2 Å². The smallest absolute Gasteiger partial charge is 0.243 e. The second-order valence-corrected chi connectivity index (χ2v) is 7.26. The zero-order valence-corrected chi connectivity index (χ0v) is 13.5. The van der Waals surface area contributed by atoms with Gasteiger partial charge >= 0.3 is 0 Å². The van der Waals surface area contributed by atoms with Crippen molar-refractivity contribution < 1.29 is 8.42 Å². The normalized spacial score (nSPS) is 11.8. The molecule has 0 aliphatic rings. The molecule has 6 heteroatoms. The molecule has 0 bridgehead atoms. The number of aryl methyl sites for hydroxylation is 1.